The first-order chi connectivity index (χ1) is 16.4. The Morgan fingerprint density at radius 1 is 0.943 bits per heavy atom. The molecule has 0 fully saturated rings. The lowest BCUT2D eigenvalue weighted by atomic mass is 10.00. The van der Waals surface area contributed by atoms with Crippen molar-refractivity contribution < 1.29 is 27.2 Å². The number of halogens is 4. The molecule has 0 aromatic heterocycles. The molecule has 0 heterocycles. The molecule has 0 saturated carbocycles. The average molecular weight is 506 g/mol. The normalized spacial score (nSPS) is 11.3. The molecular weight excluding hydrogens is 482 g/mol. The van der Waals surface area contributed by atoms with E-state index in [0.717, 1.165) is 16.4 Å². The van der Waals surface area contributed by atoms with Crippen molar-refractivity contribution in [2.24, 2.45) is 5.92 Å². The van der Waals surface area contributed by atoms with Crippen molar-refractivity contribution in [1.82, 2.24) is 0 Å². The van der Waals surface area contributed by atoms with Gasteiger partial charge in [-0.3, -0.25) is 4.79 Å². The number of nitrogens with zero attached hydrogens (tertiary/aromatic N) is 1. The first kappa shape index (κ1) is 26.1. The topological polar surface area (TPSA) is 61.4 Å². The van der Waals surface area contributed by atoms with Gasteiger partial charge in [0.05, 0.1) is 16.8 Å². The molecule has 35 heavy (non-hydrogen) atoms. The molecule has 0 unspecified atom stereocenters. The highest BCUT2D eigenvalue weighted by atomic mass is 32.1. The lowest BCUT2D eigenvalue weighted by molar-refractivity contribution is -0.137. The van der Waals surface area contributed by atoms with Crippen molar-refractivity contribution in [3.05, 3.63) is 89.2 Å². The number of hydrogen-bond donors (Lipinski definition) is 3. The number of hydrogen-bond acceptors (Lipinski definition) is 3. The number of thiol groups is 1. The zero-order valence-corrected chi connectivity index (χ0v) is 19.8. The van der Waals surface area contributed by atoms with Gasteiger partial charge in [-0.2, -0.15) is 13.2 Å². The molecule has 3 rings (SSSR count). The first-order valence-electron chi connectivity index (χ1n) is 10.6. The van der Waals surface area contributed by atoms with Crippen LogP contribution in [0.5, 0.6) is 0 Å². The monoisotopic (exact) mass is 505 g/mol. The Morgan fingerprint density at radius 3 is 2.20 bits per heavy atom. The van der Waals surface area contributed by atoms with E-state index in [2.05, 4.69) is 23.4 Å². The summed E-state index contributed by atoms with van der Waals surface area (Å²) in [7, 11) is 0. The van der Waals surface area contributed by atoms with Gasteiger partial charge in [0.25, 0.3) is 5.91 Å². The number of nitrogens with one attached hydrogen (secondary N) is 2. The number of anilines is 3. The van der Waals surface area contributed by atoms with Crippen LogP contribution in [0.25, 0.3) is 0 Å². The van der Waals surface area contributed by atoms with Crippen molar-refractivity contribution in [3.8, 4) is 0 Å². The van der Waals surface area contributed by atoms with Gasteiger partial charge in [-0.15, -0.1) is 0 Å². The van der Waals surface area contributed by atoms with Gasteiger partial charge in [-0.1, -0.05) is 38.8 Å². The van der Waals surface area contributed by atoms with Gasteiger partial charge in [-0.05, 0) is 72.5 Å². The second kappa shape index (κ2) is 10.8. The number of benzene rings is 3. The van der Waals surface area contributed by atoms with Gasteiger partial charge in [-0.25, -0.2) is 13.5 Å². The molecule has 2 N–H and O–H groups in total. The van der Waals surface area contributed by atoms with Crippen LogP contribution in [0.3, 0.4) is 0 Å². The molecule has 184 valence electrons. The van der Waals surface area contributed by atoms with E-state index in [-0.39, 0.29) is 17.2 Å². The molecule has 3 aromatic rings. The van der Waals surface area contributed by atoms with Crippen molar-refractivity contribution in [2.75, 3.05) is 14.9 Å². The van der Waals surface area contributed by atoms with Crippen LogP contribution in [0, 0.1) is 11.7 Å². The quantitative estimate of drug-likeness (QED) is 0.246. The molecule has 0 radical (unpaired) electrons. The largest absolute Gasteiger partial charge is 0.416 e. The maximum Gasteiger partial charge on any atom is 0.416 e. The van der Waals surface area contributed by atoms with Crippen molar-refractivity contribution in [1.29, 1.82) is 0 Å². The maximum absolute atomic E-state index is 13.8. The van der Waals surface area contributed by atoms with E-state index < -0.39 is 29.5 Å². The molecule has 0 aliphatic rings. The summed E-state index contributed by atoms with van der Waals surface area (Å²) < 4.78 is 54.6. The molecular formula is C25H23F4N3O2S. The lowest BCUT2D eigenvalue weighted by Gasteiger charge is -2.19. The molecule has 3 amide bonds. The highest BCUT2D eigenvalue weighted by molar-refractivity contribution is 7.82. The van der Waals surface area contributed by atoms with Crippen LogP contribution in [-0.4, -0.2) is 11.9 Å². The third kappa shape index (κ3) is 6.98. The summed E-state index contributed by atoms with van der Waals surface area (Å²) >= 11 is 4.15. The zero-order valence-electron chi connectivity index (χ0n) is 18.9. The highest BCUT2D eigenvalue weighted by Gasteiger charge is 2.31. The molecule has 0 aliphatic heterocycles. The first-order valence-corrected chi connectivity index (χ1v) is 11.0. The number of rotatable bonds is 6. The Hall–Kier alpha value is -3.53. The van der Waals surface area contributed by atoms with E-state index in [9.17, 15) is 27.2 Å². The van der Waals surface area contributed by atoms with E-state index in [1.54, 1.807) is 0 Å². The summed E-state index contributed by atoms with van der Waals surface area (Å²) in [5.74, 6) is -1.18. The van der Waals surface area contributed by atoms with Gasteiger partial charge in [0.1, 0.15) is 5.82 Å². The van der Waals surface area contributed by atoms with Crippen LogP contribution in [0.1, 0.15) is 35.3 Å². The van der Waals surface area contributed by atoms with Crippen LogP contribution < -0.4 is 14.9 Å². The predicted molar refractivity (Wildman–Crippen MR) is 131 cm³/mol. The van der Waals surface area contributed by atoms with Gasteiger partial charge < -0.3 is 10.6 Å². The molecule has 0 spiro atoms. The Bertz CT molecular complexity index is 1210. The van der Waals surface area contributed by atoms with E-state index in [1.165, 1.54) is 54.6 Å². The smallest absolute Gasteiger partial charge is 0.322 e. The molecule has 0 bridgehead atoms. The third-order valence-electron chi connectivity index (χ3n) is 4.90. The van der Waals surface area contributed by atoms with Crippen LogP contribution in [0.4, 0.5) is 39.4 Å². The van der Waals surface area contributed by atoms with Crippen LogP contribution >= 0.6 is 12.8 Å². The fourth-order valence-electron chi connectivity index (χ4n) is 3.34. The van der Waals surface area contributed by atoms with Crippen LogP contribution in [-0.2, 0) is 12.6 Å². The lowest BCUT2D eigenvalue weighted by Crippen LogP contribution is -2.27. The highest BCUT2D eigenvalue weighted by Crippen LogP contribution is 2.33. The minimum Gasteiger partial charge on any atom is -0.322 e. The number of carbonyl (C=O) groups is 2. The molecule has 5 nitrogen and oxygen atoms in total. The van der Waals surface area contributed by atoms with Crippen molar-refractivity contribution >= 4 is 41.8 Å². The van der Waals surface area contributed by atoms with Gasteiger partial charge in [0, 0.05) is 11.4 Å². The standard InChI is InChI=1S/C25H23F4N3O2S/c1-15(2)11-16-12-17(25(27,28)29)14-19(13-16)31-24(34)32(35)20-9-7-18(8-10-20)30-23(33)21-5-3-4-6-22(21)26/h3-10,12-15,35H,11H2,1-2H3,(H,30,33)(H,31,34). The molecule has 10 heteroatoms. The van der Waals surface area contributed by atoms with Crippen molar-refractivity contribution in [3.63, 3.8) is 0 Å². The number of urea groups is 1. The second-order valence-corrected chi connectivity index (χ2v) is 8.64. The summed E-state index contributed by atoms with van der Waals surface area (Å²) in [6.07, 6.45) is -4.15. The molecule has 0 saturated heterocycles. The molecule has 3 aromatic carbocycles. The number of alkyl halides is 3. The van der Waals surface area contributed by atoms with Crippen molar-refractivity contribution in [2.45, 2.75) is 26.4 Å². The van der Waals surface area contributed by atoms with E-state index in [1.807, 2.05) is 13.8 Å². The van der Waals surface area contributed by atoms with Gasteiger partial charge in [0.15, 0.2) is 0 Å². The Morgan fingerprint density at radius 2 is 1.60 bits per heavy atom. The molecule has 0 atom stereocenters. The predicted octanol–water partition coefficient (Wildman–Crippen LogP) is 7.18. The third-order valence-corrected chi connectivity index (χ3v) is 5.31. The Kier molecular flexibility index (Phi) is 8.06. The van der Waals surface area contributed by atoms with E-state index in [4.69, 9.17) is 0 Å². The Labute approximate surface area is 205 Å². The minimum absolute atomic E-state index is 0.00621. The summed E-state index contributed by atoms with van der Waals surface area (Å²) in [5.41, 5.74) is 0.111. The minimum atomic E-state index is -4.56. The van der Waals surface area contributed by atoms with Gasteiger partial charge in [0.2, 0.25) is 0 Å². The summed E-state index contributed by atoms with van der Waals surface area (Å²) in [6.45, 7) is 3.77. The van der Waals surface area contributed by atoms with E-state index in [0.29, 0.717) is 23.4 Å². The second-order valence-electron chi connectivity index (χ2n) is 8.24. The fraction of sp³-hybridized carbons (Fsp3) is 0.200. The number of carbonyl (C=O) groups excluding carboxylic acids is 2. The van der Waals surface area contributed by atoms with Gasteiger partial charge >= 0.3 is 12.2 Å². The maximum atomic E-state index is 13.8. The molecule has 0 aliphatic carbocycles. The summed E-state index contributed by atoms with van der Waals surface area (Å²) in [6, 6.07) is 14.1. The summed E-state index contributed by atoms with van der Waals surface area (Å²) in [4.78, 5) is 24.9. The zero-order chi connectivity index (χ0) is 25.8. The van der Waals surface area contributed by atoms with Crippen LogP contribution in [0.2, 0.25) is 0 Å². The van der Waals surface area contributed by atoms with Crippen LogP contribution in [0.15, 0.2) is 66.7 Å². The summed E-state index contributed by atoms with van der Waals surface area (Å²) in [5, 5.41) is 4.99. The van der Waals surface area contributed by atoms with E-state index >= 15 is 0 Å². The SMILES string of the molecule is CC(C)Cc1cc(NC(=O)N(S)c2ccc(NC(=O)c3ccccc3F)cc2)cc(C(F)(F)F)c1. The average Bonchev–Trinajstić information content (AvgIpc) is 2.78. The number of amides is 3. The fourth-order valence-corrected chi connectivity index (χ4v) is 3.52. The Balaban J connectivity index is 1.72.